The zero-order valence-electron chi connectivity index (χ0n) is 9.69. The molecule has 2 fully saturated rings. The SMILES string of the molecule is CC(C1CC1)N(CCOCCO)C1CC1. The van der Waals surface area contributed by atoms with Crippen LogP contribution in [0.1, 0.15) is 32.6 Å². The van der Waals surface area contributed by atoms with Crippen molar-refractivity contribution in [2.45, 2.75) is 44.7 Å². The Morgan fingerprint density at radius 1 is 1.27 bits per heavy atom. The number of hydrogen-bond donors (Lipinski definition) is 1. The second-order valence-electron chi connectivity index (χ2n) is 4.88. The summed E-state index contributed by atoms with van der Waals surface area (Å²) in [6, 6.07) is 1.58. The Balaban J connectivity index is 1.68. The van der Waals surface area contributed by atoms with Gasteiger partial charge in [-0.2, -0.15) is 0 Å². The minimum atomic E-state index is 0.140. The highest BCUT2D eigenvalue weighted by Gasteiger charge is 2.38. The third-order valence-electron chi connectivity index (χ3n) is 3.57. The highest BCUT2D eigenvalue weighted by molar-refractivity contribution is 4.93. The van der Waals surface area contributed by atoms with Crippen molar-refractivity contribution in [1.29, 1.82) is 0 Å². The monoisotopic (exact) mass is 213 g/mol. The van der Waals surface area contributed by atoms with Crippen LogP contribution in [-0.2, 0) is 4.74 Å². The fourth-order valence-electron chi connectivity index (χ4n) is 2.31. The average Bonchev–Trinajstić information content (AvgIpc) is 3.06. The molecular formula is C12H23NO2. The van der Waals surface area contributed by atoms with Crippen molar-refractivity contribution < 1.29 is 9.84 Å². The van der Waals surface area contributed by atoms with Gasteiger partial charge in [0.2, 0.25) is 0 Å². The lowest BCUT2D eigenvalue weighted by Gasteiger charge is -2.29. The van der Waals surface area contributed by atoms with Gasteiger partial charge in [0.15, 0.2) is 0 Å². The zero-order valence-corrected chi connectivity index (χ0v) is 9.69. The second kappa shape index (κ2) is 5.28. The van der Waals surface area contributed by atoms with Crippen molar-refractivity contribution in [2.75, 3.05) is 26.4 Å². The Labute approximate surface area is 92.4 Å². The molecule has 1 atom stereocenters. The first-order valence-electron chi connectivity index (χ1n) is 6.27. The first kappa shape index (κ1) is 11.4. The number of rotatable bonds is 8. The van der Waals surface area contributed by atoms with E-state index in [0.29, 0.717) is 6.61 Å². The van der Waals surface area contributed by atoms with E-state index in [0.717, 1.165) is 31.2 Å². The van der Waals surface area contributed by atoms with Crippen LogP contribution in [0.25, 0.3) is 0 Å². The number of hydrogen-bond acceptors (Lipinski definition) is 3. The van der Waals surface area contributed by atoms with Gasteiger partial charge in [-0.3, -0.25) is 4.90 Å². The van der Waals surface area contributed by atoms with Crippen LogP contribution >= 0.6 is 0 Å². The fraction of sp³-hybridized carbons (Fsp3) is 1.00. The maximum atomic E-state index is 8.62. The lowest BCUT2D eigenvalue weighted by molar-refractivity contribution is 0.0594. The predicted octanol–water partition coefficient (Wildman–Crippen LogP) is 1.26. The molecule has 0 aromatic heterocycles. The van der Waals surface area contributed by atoms with Crippen molar-refractivity contribution in [1.82, 2.24) is 4.90 Å². The highest BCUT2D eigenvalue weighted by Crippen LogP contribution is 2.39. The van der Waals surface area contributed by atoms with Gasteiger partial charge in [0, 0.05) is 18.6 Å². The molecule has 0 heterocycles. The van der Waals surface area contributed by atoms with E-state index in [1.165, 1.54) is 25.7 Å². The Hall–Kier alpha value is -0.120. The van der Waals surface area contributed by atoms with Gasteiger partial charge in [0.25, 0.3) is 0 Å². The third-order valence-corrected chi connectivity index (χ3v) is 3.57. The minimum absolute atomic E-state index is 0.140. The van der Waals surface area contributed by atoms with Crippen LogP contribution in [0.5, 0.6) is 0 Å². The molecule has 0 radical (unpaired) electrons. The van der Waals surface area contributed by atoms with Gasteiger partial charge in [-0.15, -0.1) is 0 Å². The molecule has 0 aliphatic heterocycles. The normalized spacial score (nSPS) is 23.4. The summed E-state index contributed by atoms with van der Waals surface area (Å²) in [4.78, 5) is 2.62. The Bertz CT molecular complexity index is 190. The number of ether oxygens (including phenoxy) is 1. The molecule has 3 heteroatoms. The number of nitrogens with zero attached hydrogens (tertiary/aromatic N) is 1. The minimum Gasteiger partial charge on any atom is -0.394 e. The quantitative estimate of drug-likeness (QED) is 0.616. The van der Waals surface area contributed by atoms with Crippen LogP contribution in [0, 0.1) is 5.92 Å². The van der Waals surface area contributed by atoms with E-state index in [2.05, 4.69) is 11.8 Å². The summed E-state index contributed by atoms with van der Waals surface area (Å²) < 4.78 is 5.35. The summed E-state index contributed by atoms with van der Waals surface area (Å²) in [6.45, 7) is 4.80. The first-order valence-corrected chi connectivity index (χ1v) is 6.27. The topological polar surface area (TPSA) is 32.7 Å². The van der Waals surface area contributed by atoms with E-state index in [9.17, 15) is 0 Å². The van der Waals surface area contributed by atoms with Crippen molar-refractivity contribution >= 4 is 0 Å². The molecule has 0 bridgehead atoms. The Morgan fingerprint density at radius 2 is 2.00 bits per heavy atom. The number of aliphatic hydroxyl groups is 1. The van der Waals surface area contributed by atoms with Crippen molar-refractivity contribution in [3.63, 3.8) is 0 Å². The summed E-state index contributed by atoms with van der Waals surface area (Å²) >= 11 is 0. The molecule has 0 amide bonds. The summed E-state index contributed by atoms with van der Waals surface area (Å²) in [6.07, 6.45) is 5.58. The lowest BCUT2D eigenvalue weighted by Crippen LogP contribution is -2.39. The van der Waals surface area contributed by atoms with Crippen LogP contribution < -0.4 is 0 Å². The molecule has 88 valence electrons. The van der Waals surface area contributed by atoms with Gasteiger partial charge in [-0.25, -0.2) is 0 Å². The van der Waals surface area contributed by atoms with E-state index in [1.54, 1.807) is 0 Å². The molecule has 3 nitrogen and oxygen atoms in total. The second-order valence-corrected chi connectivity index (χ2v) is 4.88. The largest absolute Gasteiger partial charge is 0.394 e. The van der Waals surface area contributed by atoms with E-state index < -0.39 is 0 Å². The summed E-state index contributed by atoms with van der Waals surface area (Å²) in [5.74, 6) is 0.948. The molecule has 0 spiro atoms. The van der Waals surface area contributed by atoms with Crippen LogP contribution in [0.3, 0.4) is 0 Å². The van der Waals surface area contributed by atoms with Gasteiger partial charge in [-0.1, -0.05) is 0 Å². The first-order chi connectivity index (χ1) is 7.33. The molecule has 2 aliphatic carbocycles. The molecule has 15 heavy (non-hydrogen) atoms. The Kier molecular flexibility index (Phi) is 4.00. The summed E-state index contributed by atoms with van der Waals surface area (Å²) in [5, 5.41) is 8.62. The Morgan fingerprint density at radius 3 is 2.53 bits per heavy atom. The van der Waals surface area contributed by atoms with Gasteiger partial charge < -0.3 is 9.84 Å². The molecular weight excluding hydrogens is 190 g/mol. The molecule has 1 unspecified atom stereocenters. The highest BCUT2D eigenvalue weighted by atomic mass is 16.5. The van der Waals surface area contributed by atoms with Gasteiger partial charge >= 0.3 is 0 Å². The average molecular weight is 213 g/mol. The third kappa shape index (κ3) is 3.44. The zero-order chi connectivity index (χ0) is 10.7. The van der Waals surface area contributed by atoms with Crippen molar-refractivity contribution in [2.24, 2.45) is 5.92 Å². The summed E-state index contributed by atoms with van der Waals surface area (Å²) in [5.41, 5.74) is 0. The molecule has 0 aromatic rings. The van der Waals surface area contributed by atoms with E-state index in [1.807, 2.05) is 0 Å². The lowest BCUT2D eigenvalue weighted by atomic mass is 10.2. The van der Waals surface area contributed by atoms with Crippen molar-refractivity contribution in [3.8, 4) is 0 Å². The van der Waals surface area contributed by atoms with Crippen molar-refractivity contribution in [3.05, 3.63) is 0 Å². The molecule has 0 saturated heterocycles. The van der Waals surface area contributed by atoms with E-state index in [4.69, 9.17) is 9.84 Å². The van der Waals surface area contributed by atoms with E-state index >= 15 is 0 Å². The number of aliphatic hydroxyl groups excluding tert-OH is 1. The van der Waals surface area contributed by atoms with Crippen LogP contribution in [-0.4, -0.2) is 48.5 Å². The van der Waals surface area contributed by atoms with Gasteiger partial charge in [0.1, 0.15) is 0 Å². The predicted molar refractivity (Wildman–Crippen MR) is 59.8 cm³/mol. The molecule has 2 rings (SSSR count). The van der Waals surface area contributed by atoms with Crippen LogP contribution in [0.2, 0.25) is 0 Å². The molecule has 1 N–H and O–H groups in total. The fourth-order valence-corrected chi connectivity index (χ4v) is 2.31. The van der Waals surface area contributed by atoms with Gasteiger partial charge in [0.05, 0.1) is 19.8 Å². The maximum absolute atomic E-state index is 8.62. The smallest absolute Gasteiger partial charge is 0.0698 e. The van der Waals surface area contributed by atoms with Gasteiger partial charge in [-0.05, 0) is 38.5 Å². The maximum Gasteiger partial charge on any atom is 0.0698 e. The van der Waals surface area contributed by atoms with Crippen LogP contribution in [0.15, 0.2) is 0 Å². The molecule has 0 aromatic carbocycles. The van der Waals surface area contributed by atoms with E-state index in [-0.39, 0.29) is 6.61 Å². The standard InChI is InChI=1S/C12H23NO2/c1-10(11-2-3-11)13(12-4-5-12)6-8-15-9-7-14/h10-12,14H,2-9H2,1H3. The molecule has 2 aliphatic rings. The van der Waals surface area contributed by atoms with Crippen LogP contribution in [0.4, 0.5) is 0 Å². The summed E-state index contributed by atoms with van der Waals surface area (Å²) in [7, 11) is 0. The molecule has 2 saturated carbocycles.